The van der Waals surface area contributed by atoms with Gasteiger partial charge in [0.05, 0.1) is 17.7 Å². The number of aromatic nitrogens is 1. The highest BCUT2D eigenvalue weighted by molar-refractivity contribution is 7.13. The first-order valence-electron chi connectivity index (χ1n) is 10.2. The van der Waals surface area contributed by atoms with E-state index in [1.54, 1.807) is 11.6 Å². The Morgan fingerprint density at radius 1 is 1.21 bits per heavy atom. The van der Waals surface area contributed by atoms with E-state index in [4.69, 9.17) is 4.74 Å². The number of carbonyl (C=O) groups excluding carboxylic acids is 4. The molecule has 34 heavy (non-hydrogen) atoms. The van der Waals surface area contributed by atoms with Crippen LogP contribution in [0.5, 0.6) is 17.2 Å². The second kappa shape index (κ2) is 8.10. The molecule has 0 radical (unpaired) electrons. The molecule has 1 aliphatic carbocycles. The molecular weight excluding hydrogens is 462 g/mol. The molecule has 1 amide bonds. The van der Waals surface area contributed by atoms with Gasteiger partial charge in [-0.15, -0.1) is 11.3 Å². The monoisotopic (exact) mass is 483 g/mol. The van der Waals surface area contributed by atoms with E-state index in [0.717, 1.165) is 6.08 Å². The van der Waals surface area contributed by atoms with Gasteiger partial charge in [-0.05, 0) is 27.7 Å². The molecule has 0 unspecified atom stereocenters. The third kappa shape index (κ3) is 3.36. The number of fused-ring (bicyclic) bond motifs is 3. The van der Waals surface area contributed by atoms with Crippen molar-refractivity contribution in [1.29, 1.82) is 0 Å². The van der Waals surface area contributed by atoms with E-state index in [0.29, 0.717) is 5.13 Å². The van der Waals surface area contributed by atoms with E-state index in [9.17, 15) is 29.4 Å². The molecule has 2 aliphatic rings. The molecular formula is C23H21N3O7S. The fourth-order valence-electron chi connectivity index (χ4n) is 4.11. The minimum atomic E-state index is -1.61. The van der Waals surface area contributed by atoms with Crippen molar-refractivity contribution >= 4 is 39.7 Å². The van der Waals surface area contributed by atoms with Crippen molar-refractivity contribution in [3.63, 3.8) is 0 Å². The van der Waals surface area contributed by atoms with Gasteiger partial charge in [-0.3, -0.25) is 19.2 Å². The molecule has 0 saturated heterocycles. The molecule has 0 saturated carbocycles. The molecule has 176 valence electrons. The van der Waals surface area contributed by atoms with Gasteiger partial charge in [0.2, 0.25) is 5.91 Å². The summed E-state index contributed by atoms with van der Waals surface area (Å²) in [7, 11) is 0. The number of Topliss-reactive ketones (excluding diaryl/α,β-unsaturated/α-hetero) is 2. The van der Waals surface area contributed by atoms with Crippen LogP contribution in [0.4, 0.5) is 5.13 Å². The number of ketones is 3. The third-order valence-electron chi connectivity index (χ3n) is 5.95. The van der Waals surface area contributed by atoms with Crippen molar-refractivity contribution in [1.82, 2.24) is 10.3 Å². The summed E-state index contributed by atoms with van der Waals surface area (Å²) in [4.78, 5) is 54.9. The zero-order valence-electron chi connectivity index (χ0n) is 18.7. The zero-order valence-corrected chi connectivity index (χ0v) is 19.5. The Labute approximate surface area is 198 Å². The number of anilines is 1. The molecule has 0 fully saturated rings. The Kier molecular flexibility index (Phi) is 5.52. The van der Waals surface area contributed by atoms with Crippen LogP contribution < -0.4 is 15.4 Å². The van der Waals surface area contributed by atoms with Crippen LogP contribution in [-0.4, -0.2) is 45.0 Å². The second-order valence-electron chi connectivity index (χ2n) is 8.13. The number of allylic oxidation sites excluding steroid dienone is 4. The lowest BCUT2D eigenvalue weighted by Gasteiger charge is -2.29. The summed E-state index contributed by atoms with van der Waals surface area (Å²) in [5.74, 6) is -3.34. The predicted octanol–water partition coefficient (Wildman–Crippen LogP) is 2.25. The lowest BCUT2D eigenvalue weighted by atomic mass is 9.70. The molecule has 2 aromatic rings. The number of benzene rings is 1. The van der Waals surface area contributed by atoms with E-state index in [-0.39, 0.29) is 46.0 Å². The third-order valence-corrected chi connectivity index (χ3v) is 6.64. The Morgan fingerprint density at radius 2 is 1.91 bits per heavy atom. The van der Waals surface area contributed by atoms with E-state index >= 15 is 0 Å². The van der Waals surface area contributed by atoms with Crippen molar-refractivity contribution in [2.24, 2.45) is 0 Å². The summed E-state index contributed by atoms with van der Waals surface area (Å²) in [5.41, 5.74) is -1.82. The fraction of sp³-hybridized carbons (Fsp3) is 0.261. The molecule has 0 bridgehead atoms. The molecule has 4 rings (SSSR count). The lowest BCUT2D eigenvalue weighted by molar-refractivity contribution is -0.124. The average molecular weight is 484 g/mol. The quantitative estimate of drug-likeness (QED) is 0.285. The van der Waals surface area contributed by atoms with Gasteiger partial charge in [0, 0.05) is 28.9 Å². The lowest BCUT2D eigenvalue weighted by Crippen LogP contribution is -2.41. The number of hydrogen-bond acceptors (Lipinski definition) is 10. The van der Waals surface area contributed by atoms with Crippen molar-refractivity contribution in [2.75, 3.05) is 11.9 Å². The van der Waals surface area contributed by atoms with Crippen molar-refractivity contribution in [3.05, 3.63) is 51.4 Å². The highest BCUT2D eigenvalue weighted by Gasteiger charge is 2.56. The minimum absolute atomic E-state index is 0.00330. The summed E-state index contributed by atoms with van der Waals surface area (Å²) in [6.07, 6.45) is 2.66. The number of phenols is 2. The Balaban J connectivity index is 1.74. The highest BCUT2D eigenvalue weighted by atomic mass is 32.1. The Bertz CT molecular complexity index is 1340. The van der Waals surface area contributed by atoms with E-state index < -0.39 is 40.2 Å². The molecule has 2 heterocycles. The van der Waals surface area contributed by atoms with Gasteiger partial charge in [-0.1, -0.05) is 0 Å². The zero-order chi connectivity index (χ0) is 24.9. The topological polar surface area (TPSA) is 155 Å². The number of aromatic hydroxyl groups is 2. The molecule has 10 nitrogen and oxygen atoms in total. The first-order chi connectivity index (χ1) is 16.0. The van der Waals surface area contributed by atoms with Gasteiger partial charge in [-0.25, -0.2) is 4.98 Å². The van der Waals surface area contributed by atoms with E-state index in [1.807, 2.05) is 0 Å². The number of amides is 1. The number of nitrogens with one attached hydrogen (secondary N) is 2. The molecule has 11 heteroatoms. The normalized spacial score (nSPS) is 20.2. The first-order valence-corrected chi connectivity index (χ1v) is 11.1. The summed E-state index contributed by atoms with van der Waals surface area (Å²) in [6, 6.07) is 0. The van der Waals surface area contributed by atoms with Gasteiger partial charge in [0.15, 0.2) is 22.5 Å². The number of phenolic OH excluding ortho intramolecular Hbond substituents is 2. The van der Waals surface area contributed by atoms with Gasteiger partial charge < -0.3 is 25.6 Å². The average Bonchev–Trinajstić information content (AvgIpc) is 3.37. The Morgan fingerprint density at radius 3 is 2.53 bits per heavy atom. The van der Waals surface area contributed by atoms with E-state index in [2.05, 4.69) is 15.6 Å². The molecule has 0 spiro atoms. The predicted molar refractivity (Wildman–Crippen MR) is 122 cm³/mol. The molecule has 1 aromatic heterocycles. The highest BCUT2D eigenvalue weighted by Crippen LogP contribution is 2.57. The van der Waals surface area contributed by atoms with Crippen LogP contribution in [0.3, 0.4) is 0 Å². The molecule has 4 N–H and O–H groups in total. The SMILES string of the molecule is CC(=O)c1c(O)c(C)c(O)c2c1OC1=CC(=O)/C(=C(/C)NCC(=O)Nc3nccs3)C(=O)[C@@]12C. The number of nitrogens with zero attached hydrogens (tertiary/aromatic N) is 1. The van der Waals surface area contributed by atoms with Crippen molar-refractivity contribution in [3.8, 4) is 17.2 Å². The minimum Gasteiger partial charge on any atom is -0.507 e. The molecule has 1 atom stereocenters. The maximum atomic E-state index is 13.7. The van der Waals surface area contributed by atoms with Gasteiger partial charge in [0.25, 0.3) is 0 Å². The van der Waals surface area contributed by atoms with Gasteiger partial charge in [0.1, 0.15) is 34.0 Å². The second-order valence-corrected chi connectivity index (χ2v) is 9.02. The number of carbonyl (C=O) groups is 4. The number of hydrogen-bond donors (Lipinski definition) is 4. The van der Waals surface area contributed by atoms with Crippen LogP contribution in [0.2, 0.25) is 0 Å². The summed E-state index contributed by atoms with van der Waals surface area (Å²) in [5, 5.41) is 28.7. The molecule has 1 aromatic carbocycles. The van der Waals surface area contributed by atoms with Crippen LogP contribution in [0.25, 0.3) is 0 Å². The van der Waals surface area contributed by atoms with Crippen LogP contribution in [0.1, 0.15) is 42.3 Å². The maximum Gasteiger partial charge on any atom is 0.245 e. The first kappa shape index (κ1) is 23.2. The summed E-state index contributed by atoms with van der Waals surface area (Å²) < 4.78 is 5.71. The van der Waals surface area contributed by atoms with Crippen LogP contribution >= 0.6 is 11.3 Å². The largest absolute Gasteiger partial charge is 0.507 e. The number of thiazole rings is 1. The van der Waals surface area contributed by atoms with Gasteiger partial charge >= 0.3 is 0 Å². The van der Waals surface area contributed by atoms with Crippen molar-refractivity contribution < 1.29 is 34.1 Å². The molecule has 1 aliphatic heterocycles. The van der Waals surface area contributed by atoms with Crippen LogP contribution in [-0.2, 0) is 19.8 Å². The smallest absolute Gasteiger partial charge is 0.245 e. The number of ether oxygens (including phenoxy) is 1. The summed E-state index contributed by atoms with van der Waals surface area (Å²) >= 11 is 1.25. The maximum absolute atomic E-state index is 13.7. The van der Waals surface area contributed by atoms with Crippen LogP contribution in [0, 0.1) is 6.92 Å². The van der Waals surface area contributed by atoms with E-state index in [1.165, 1.54) is 39.0 Å². The van der Waals surface area contributed by atoms with Gasteiger partial charge in [-0.2, -0.15) is 0 Å². The standard InChI is InChI=1S/C23H21N3O7S/c1-9-18(30)16(11(3)27)20-17(19(9)31)23(4)13(33-20)7-12(28)15(21(23)32)10(2)25-8-14(29)26-22-24-5-6-34-22/h5-7,25,30-31H,8H2,1-4H3,(H,24,26,29)/b15-10+/t23-/m0/s1. The van der Waals surface area contributed by atoms with Crippen LogP contribution in [0.15, 0.2) is 34.7 Å². The number of rotatable bonds is 5. The Hall–Kier alpha value is -3.99. The summed E-state index contributed by atoms with van der Waals surface area (Å²) in [6.45, 7) is 5.37. The van der Waals surface area contributed by atoms with Crippen molar-refractivity contribution in [2.45, 2.75) is 33.1 Å². The fourth-order valence-corrected chi connectivity index (χ4v) is 4.66.